The molecular formula is C14H17N3O2S. The molecule has 1 amide bonds. The van der Waals surface area contributed by atoms with Gasteiger partial charge in [-0.1, -0.05) is 0 Å². The van der Waals surface area contributed by atoms with E-state index in [2.05, 4.69) is 10.3 Å². The Hall–Kier alpha value is -1.66. The number of thiazole rings is 1. The van der Waals surface area contributed by atoms with Gasteiger partial charge in [0.1, 0.15) is 0 Å². The monoisotopic (exact) mass is 291 g/mol. The van der Waals surface area contributed by atoms with Crippen LogP contribution < -0.4 is 5.32 Å². The van der Waals surface area contributed by atoms with Gasteiger partial charge in [-0.15, -0.1) is 11.3 Å². The van der Waals surface area contributed by atoms with Crippen LogP contribution in [-0.4, -0.2) is 35.4 Å². The predicted molar refractivity (Wildman–Crippen MR) is 77.3 cm³/mol. The van der Waals surface area contributed by atoms with Gasteiger partial charge in [-0.3, -0.25) is 9.69 Å². The zero-order chi connectivity index (χ0) is 13.9. The molecule has 1 saturated carbocycles. The van der Waals surface area contributed by atoms with Crippen LogP contribution in [0.3, 0.4) is 0 Å². The molecule has 6 heteroatoms. The molecular weight excluding hydrogens is 274 g/mol. The van der Waals surface area contributed by atoms with Gasteiger partial charge in [-0.05, 0) is 32.0 Å². The lowest BCUT2D eigenvalue weighted by Crippen LogP contribution is -2.35. The standard InChI is InChI=1S/C14H17N3O2S/c1-17(8-13(18)15-10-4-5-10)7-11-9-20-14(16-11)12-3-2-6-19-12/h2-3,6,9-10H,4-5,7-8H2,1H3,(H,15,18). The van der Waals surface area contributed by atoms with Crippen LogP contribution in [0.1, 0.15) is 18.5 Å². The molecule has 3 rings (SSSR count). The van der Waals surface area contributed by atoms with Crippen LogP contribution in [0.5, 0.6) is 0 Å². The van der Waals surface area contributed by atoms with Gasteiger partial charge in [0.05, 0.1) is 18.5 Å². The third-order valence-corrected chi connectivity index (χ3v) is 3.98. The first-order chi connectivity index (χ1) is 9.70. The summed E-state index contributed by atoms with van der Waals surface area (Å²) < 4.78 is 5.32. The highest BCUT2D eigenvalue weighted by Crippen LogP contribution is 2.24. The van der Waals surface area contributed by atoms with Crippen LogP contribution in [0.15, 0.2) is 28.2 Å². The smallest absolute Gasteiger partial charge is 0.234 e. The number of carbonyl (C=O) groups is 1. The number of furan rings is 1. The second-order valence-electron chi connectivity index (χ2n) is 5.14. The van der Waals surface area contributed by atoms with Crippen LogP contribution >= 0.6 is 11.3 Å². The van der Waals surface area contributed by atoms with Crippen molar-refractivity contribution in [1.82, 2.24) is 15.2 Å². The Morgan fingerprint density at radius 1 is 1.60 bits per heavy atom. The Balaban J connectivity index is 1.53. The maximum absolute atomic E-state index is 11.7. The predicted octanol–water partition coefficient (Wildman–Crippen LogP) is 2.11. The average Bonchev–Trinajstić information content (AvgIpc) is 2.92. The van der Waals surface area contributed by atoms with Crippen molar-refractivity contribution >= 4 is 17.2 Å². The maximum atomic E-state index is 11.7. The van der Waals surface area contributed by atoms with Crippen LogP contribution in [0.2, 0.25) is 0 Å². The molecule has 0 atom stereocenters. The molecule has 2 aromatic rings. The Morgan fingerprint density at radius 3 is 3.15 bits per heavy atom. The summed E-state index contributed by atoms with van der Waals surface area (Å²) in [6.07, 6.45) is 3.88. The van der Waals surface area contributed by atoms with Gasteiger partial charge < -0.3 is 9.73 Å². The molecule has 0 saturated heterocycles. The van der Waals surface area contributed by atoms with E-state index in [4.69, 9.17) is 4.42 Å². The first-order valence-electron chi connectivity index (χ1n) is 6.67. The maximum Gasteiger partial charge on any atom is 0.234 e. The fourth-order valence-corrected chi connectivity index (χ4v) is 2.75. The van der Waals surface area contributed by atoms with E-state index in [0.29, 0.717) is 19.1 Å². The van der Waals surface area contributed by atoms with Gasteiger partial charge >= 0.3 is 0 Å². The number of rotatable bonds is 6. The molecule has 2 aromatic heterocycles. The number of hydrogen-bond donors (Lipinski definition) is 1. The summed E-state index contributed by atoms with van der Waals surface area (Å²) >= 11 is 1.56. The van der Waals surface area contributed by atoms with E-state index >= 15 is 0 Å². The summed E-state index contributed by atoms with van der Waals surface area (Å²) in [5.41, 5.74) is 0.961. The van der Waals surface area contributed by atoms with E-state index in [9.17, 15) is 4.79 Å². The third kappa shape index (κ3) is 3.46. The van der Waals surface area contributed by atoms with Crippen LogP contribution in [0.4, 0.5) is 0 Å². The second-order valence-corrected chi connectivity index (χ2v) is 5.99. The molecule has 0 aromatic carbocycles. The SMILES string of the molecule is CN(CC(=O)NC1CC1)Cc1csc(-c2ccco2)n1. The van der Waals surface area contributed by atoms with E-state index in [-0.39, 0.29) is 5.91 Å². The fourth-order valence-electron chi connectivity index (χ4n) is 1.97. The summed E-state index contributed by atoms with van der Waals surface area (Å²) in [5.74, 6) is 0.881. The number of nitrogens with zero attached hydrogens (tertiary/aromatic N) is 2. The topological polar surface area (TPSA) is 58.4 Å². The van der Waals surface area contributed by atoms with Crippen molar-refractivity contribution in [3.63, 3.8) is 0 Å². The summed E-state index contributed by atoms with van der Waals surface area (Å²) in [6.45, 7) is 1.07. The second kappa shape index (κ2) is 5.76. The Morgan fingerprint density at radius 2 is 2.45 bits per heavy atom. The molecule has 0 aliphatic heterocycles. The number of carbonyl (C=O) groups excluding carboxylic acids is 1. The highest BCUT2D eigenvalue weighted by Gasteiger charge is 2.23. The first kappa shape index (κ1) is 13.3. The lowest BCUT2D eigenvalue weighted by Gasteiger charge is -2.14. The number of likely N-dealkylation sites (N-methyl/N-ethyl adjacent to an activating group) is 1. The van der Waals surface area contributed by atoms with Crippen LogP contribution in [-0.2, 0) is 11.3 Å². The van der Waals surface area contributed by atoms with Crippen molar-refractivity contribution in [2.75, 3.05) is 13.6 Å². The van der Waals surface area contributed by atoms with Crippen molar-refractivity contribution in [3.05, 3.63) is 29.5 Å². The molecule has 20 heavy (non-hydrogen) atoms. The van der Waals surface area contributed by atoms with Crippen molar-refractivity contribution in [2.24, 2.45) is 0 Å². The zero-order valence-corrected chi connectivity index (χ0v) is 12.2. The summed E-state index contributed by atoms with van der Waals surface area (Å²) in [5, 5.41) is 5.87. The first-order valence-corrected chi connectivity index (χ1v) is 7.55. The molecule has 1 fully saturated rings. The highest BCUT2D eigenvalue weighted by molar-refractivity contribution is 7.13. The Kier molecular flexibility index (Phi) is 3.84. The molecule has 1 aliphatic rings. The van der Waals surface area contributed by atoms with E-state index in [1.807, 2.05) is 29.5 Å². The van der Waals surface area contributed by atoms with E-state index in [1.165, 1.54) is 0 Å². The molecule has 1 N–H and O–H groups in total. The van der Waals surface area contributed by atoms with Crippen LogP contribution in [0, 0.1) is 0 Å². The summed E-state index contributed by atoms with van der Waals surface area (Å²) in [4.78, 5) is 18.2. The van der Waals surface area contributed by atoms with Gasteiger partial charge in [-0.2, -0.15) is 0 Å². The minimum Gasteiger partial charge on any atom is -0.462 e. The summed E-state index contributed by atoms with van der Waals surface area (Å²) in [6, 6.07) is 4.17. The lowest BCUT2D eigenvalue weighted by atomic mass is 10.4. The van der Waals surface area contributed by atoms with Crippen molar-refractivity contribution < 1.29 is 9.21 Å². The molecule has 0 bridgehead atoms. The molecule has 0 unspecified atom stereocenters. The molecule has 0 spiro atoms. The molecule has 1 aliphatic carbocycles. The van der Waals surface area contributed by atoms with Gasteiger partial charge in [0.15, 0.2) is 10.8 Å². The van der Waals surface area contributed by atoms with Crippen molar-refractivity contribution in [2.45, 2.75) is 25.4 Å². The zero-order valence-electron chi connectivity index (χ0n) is 11.3. The molecule has 5 nitrogen and oxygen atoms in total. The number of amides is 1. The average molecular weight is 291 g/mol. The lowest BCUT2D eigenvalue weighted by molar-refractivity contribution is -0.122. The molecule has 106 valence electrons. The highest BCUT2D eigenvalue weighted by atomic mass is 32.1. The van der Waals surface area contributed by atoms with E-state index in [1.54, 1.807) is 17.6 Å². The van der Waals surface area contributed by atoms with Crippen LogP contribution in [0.25, 0.3) is 10.8 Å². The largest absolute Gasteiger partial charge is 0.462 e. The van der Waals surface area contributed by atoms with Crippen molar-refractivity contribution in [1.29, 1.82) is 0 Å². The quantitative estimate of drug-likeness (QED) is 0.885. The van der Waals surface area contributed by atoms with E-state index < -0.39 is 0 Å². The number of hydrogen-bond acceptors (Lipinski definition) is 5. The fraction of sp³-hybridized carbons (Fsp3) is 0.429. The number of aromatic nitrogens is 1. The van der Waals surface area contributed by atoms with Crippen molar-refractivity contribution in [3.8, 4) is 10.8 Å². The molecule has 2 heterocycles. The third-order valence-electron chi connectivity index (χ3n) is 3.07. The number of nitrogens with one attached hydrogen (secondary N) is 1. The summed E-state index contributed by atoms with van der Waals surface area (Å²) in [7, 11) is 1.93. The molecule has 0 radical (unpaired) electrons. The minimum absolute atomic E-state index is 0.0940. The Labute approximate surface area is 121 Å². The minimum atomic E-state index is 0.0940. The normalized spacial score (nSPS) is 14.7. The van der Waals surface area contributed by atoms with Gasteiger partial charge in [0.25, 0.3) is 0 Å². The van der Waals surface area contributed by atoms with Gasteiger partial charge in [-0.25, -0.2) is 4.98 Å². The van der Waals surface area contributed by atoms with Gasteiger partial charge in [0.2, 0.25) is 5.91 Å². The van der Waals surface area contributed by atoms with E-state index in [0.717, 1.165) is 29.3 Å². The van der Waals surface area contributed by atoms with Gasteiger partial charge in [0, 0.05) is 18.0 Å². The Bertz CT molecular complexity index is 575.